The summed E-state index contributed by atoms with van der Waals surface area (Å²) in [4.78, 5) is 14.4. The van der Waals surface area contributed by atoms with Crippen LogP contribution in [0, 0.1) is 11.8 Å². The summed E-state index contributed by atoms with van der Waals surface area (Å²) in [7, 11) is 0. The molecular formula is C14H29Cl2N3O. The molecule has 2 N–H and O–H groups in total. The molecule has 1 atom stereocenters. The Balaban J connectivity index is 0.00000180. The maximum absolute atomic E-state index is 11.9. The topological polar surface area (TPSA) is 44.4 Å². The lowest BCUT2D eigenvalue weighted by atomic mass is 9.98. The van der Waals surface area contributed by atoms with E-state index in [1.165, 1.54) is 25.9 Å². The highest BCUT2D eigenvalue weighted by Gasteiger charge is 2.21. The van der Waals surface area contributed by atoms with E-state index in [4.69, 9.17) is 0 Å². The van der Waals surface area contributed by atoms with Crippen molar-refractivity contribution in [3.05, 3.63) is 0 Å². The SMILES string of the molecule is CC1CCN(CCNC(=O)C2CCCNC2)CC1.Cl.Cl. The Morgan fingerprint density at radius 2 is 1.95 bits per heavy atom. The maximum atomic E-state index is 11.9. The zero-order valence-corrected chi connectivity index (χ0v) is 14.0. The van der Waals surface area contributed by atoms with Crippen molar-refractivity contribution in [2.24, 2.45) is 11.8 Å². The number of rotatable bonds is 4. The molecule has 0 bridgehead atoms. The molecular weight excluding hydrogens is 297 g/mol. The zero-order valence-electron chi connectivity index (χ0n) is 12.4. The summed E-state index contributed by atoms with van der Waals surface area (Å²) in [5.74, 6) is 1.32. The van der Waals surface area contributed by atoms with Gasteiger partial charge in [0.1, 0.15) is 0 Å². The van der Waals surface area contributed by atoms with Crippen molar-refractivity contribution in [1.29, 1.82) is 0 Å². The molecule has 0 saturated carbocycles. The van der Waals surface area contributed by atoms with Crippen LogP contribution < -0.4 is 10.6 Å². The highest BCUT2D eigenvalue weighted by Crippen LogP contribution is 2.15. The molecule has 2 aliphatic rings. The van der Waals surface area contributed by atoms with Gasteiger partial charge in [-0.1, -0.05) is 6.92 Å². The number of hydrogen-bond donors (Lipinski definition) is 2. The molecule has 2 rings (SSSR count). The molecule has 2 aliphatic heterocycles. The number of amides is 1. The Morgan fingerprint density at radius 1 is 1.25 bits per heavy atom. The lowest BCUT2D eigenvalue weighted by molar-refractivity contribution is -0.125. The van der Waals surface area contributed by atoms with Crippen molar-refractivity contribution in [2.75, 3.05) is 39.3 Å². The molecule has 1 amide bonds. The minimum absolute atomic E-state index is 0. The van der Waals surface area contributed by atoms with Crippen molar-refractivity contribution >= 4 is 30.7 Å². The molecule has 4 nitrogen and oxygen atoms in total. The third-order valence-corrected chi connectivity index (χ3v) is 4.27. The molecule has 0 aliphatic carbocycles. The molecule has 0 radical (unpaired) electrons. The Morgan fingerprint density at radius 3 is 2.55 bits per heavy atom. The van der Waals surface area contributed by atoms with Crippen LogP contribution in [-0.4, -0.2) is 50.1 Å². The van der Waals surface area contributed by atoms with Gasteiger partial charge in [-0.3, -0.25) is 4.79 Å². The summed E-state index contributed by atoms with van der Waals surface area (Å²) in [6.45, 7) is 8.46. The second kappa shape index (κ2) is 10.7. The first-order valence-electron chi connectivity index (χ1n) is 7.46. The third kappa shape index (κ3) is 6.61. The van der Waals surface area contributed by atoms with Crippen LogP contribution in [0.5, 0.6) is 0 Å². The largest absolute Gasteiger partial charge is 0.355 e. The van der Waals surface area contributed by atoms with E-state index in [0.29, 0.717) is 0 Å². The molecule has 0 aromatic rings. The predicted molar refractivity (Wildman–Crippen MR) is 87.9 cm³/mol. The van der Waals surface area contributed by atoms with Gasteiger partial charge in [0.05, 0.1) is 5.92 Å². The number of likely N-dealkylation sites (tertiary alicyclic amines) is 1. The average molecular weight is 326 g/mol. The van der Waals surface area contributed by atoms with Crippen LogP contribution in [0.3, 0.4) is 0 Å². The van der Waals surface area contributed by atoms with Gasteiger partial charge in [0.2, 0.25) is 5.91 Å². The number of nitrogens with one attached hydrogen (secondary N) is 2. The minimum Gasteiger partial charge on any atom is -0.355 e. The standard InChI is InChI=1S/C14H27N3O.2ClH/c1-12-4-8-17(9-5-12)10-7-16-14(18)13-3-2-6-15-11-13;;/h12-13,15H,2-11H2,1H3,(H,16,18);2*1H. The van der Waals surface area contributed by atoms with Crippen LogP contribution in [-0.2, 0) is 4.79 Å². The molecule has 0 aromatic heterocycles. The number of halogens is 2. The number of carbonyl (C=O) groups is 1. The van der Waals surface area contributed by atoms with Gasteiger partial charge in [-0.15, -0.1) is 24.8 Å². The lowest BCUT2D eigenvalue weighted by Gasteiger charge is -2.30. The van der Waals surface area contributed by atoms with Gasteiger partial charge in [-0.05, 0) is 51.2 Å². The molecule has 20 heavy (non-hydrogen) atoms. The third-order valence-electron chi connectivity index (χ3n) is 4.27. The first-order chi connectivity index (χ1) is 8.75. The van der Waals surface area contributed by atoms with Crippen LogP contribution in [0.1, 0.15) is 32.6 Å². The van der Waals surface area contributed by atoms with Crippen molar-refractivity contribution < 1.29 is 4.79 Å². The van der Waals surface area contributed by atoms with E-state index in [9.17, 15) is 4.79 Å². The second-order valence-corrected chi connectivity index (χ2v) is 5.86. The van der Waals surface area contributed by atoms with E-state index in [1.54, 1.807) is 0 Å². The van der Waals surface area contributed by atoms with E-state index < -0.39 is 0 Å². The molecule has 2 heterocycles. The van der Waals surface area contributed by atoms with E-state index in [2.05, 4.69) is 22.5 Å². The average Bonchev–Trinajstić information content (AvgIpc) is 2.42. The Hall–Kier alpha value is -0.0300. The van der Waals surface area contributed by atoms with E-state index in [1.807, 2.05) is 0 Å². The molecule has 2 saturated heterocycles. The van der Waals surface area contributed by atoms with Crippen LogP contribution in [0.2, 0.25) is 0 Å². The number of nitrogens with zero attached hydrogens (tertiary/aromatic N) is 1. The Kier molecular flexibility index (Phi) is 10.6. The van der Waals surface area contributed by atoms with Crippen LogP contribution in [0.4, 0.5) is 0 Å². The summed E-state index contributed by atoms with van der Waals surface area (Å²) in [5, 5.41) is 6.38. The van der Waals surface area contributed by atoms with Gasteiger partial charge in [-0.25, -0.2) is 0 Å². The zero-order chi connectivity index (χ0) is 12.8. The number of piperidine rings is 2. The first-order valence-corrected chi connectivity index (χ1v) is 7.46. The van der Waals surface area contributed by atoms with Gasteiger partial charge in [0.15, 0.2) is 0 Å². The summed E-state index contributed by atoms with van der Waals surface area (Å²) in [6.07, 6.45) is 4.78. The van der Waals surface area contributed by atoms with Crippen molar-refractivity contribution in [3.8, 4) is 0 Å². The smallest absolute Gasteiger partial charge is 0.224 e. The summed E-state index contributed by atoms with van der Waals surface area (Å²) in [6, 6.07) is 0. The van der Waals surface area contributed by atoms with Crippen LogP contribution >= 0.6 is 24.8 Å². The number of carbonyl (C=O) groups excluding carboxylic acids is 1. The predicted octanol–water partition coefficient (Wildman–Crippen LogP) is 1.68. The quantitative estimate of drug-likeness (QED) is 0.826. The fraction of sp³-hybridized carbons (Fsp3) is 0.929. The Labute approximate surface area is 135 Å². The molecule has 2 fully saturated rings. The second-order valence-electron chi connectivity index (χ2n) is 5.86. The van der Waals surface area contributed by atoms with E-state index >= 15 is 0 Å². The monoisotopic (exact) mass is 325 g/mol. The van der Waals surface area contributed by atoms with Crippen molar-refractivity contribution in [3.63, 3.8) is 0 Å². The van der Waals surface area contributed by atoms with Gasteiger partial charge >= 0.3 is 0 Å². The summed E-state index contributed by atoms with van der Waals surface area (Å²) in [5.41, 5.74) is 0. The first kappa shape index (κ1) is 20.0. The normalized spacial score (nSPS) is 24.4. The lowest BCUT2D eigenvalue weighted by Crippen LogP contribution is -2.44. The van der Waals surface area contributed by atoms with Crippen LogP contribution in [0.15, 0.2) is 0 Å². The van der Waals surface area contributed by atoms with Crippen LogP contribution in [0.25, 0.3) is 0 Å². The Bertz CT molecular complexity index is 265. The van der Waals surface area contributed by atoms with E-state index in [-0.39, 0.29) is 36.6 Å². The van der Waals surface area contributed by atoms with Gasteiger partial charge < -0.3 is 15.5 Å². The molecule has 120 valence electrons. The van der Waals surface area contributed by atoms with Crippen molar-refractivity contribution in [1.82, 2.24) is 15.5 Å². The van der Waals surface area contributed by atoms with Gasteiger partial charge in [0.25, 0.3) is 0 Å². The number of hydrogen-bond acceptors (Lipinski definition) is 3. The molecule has 6 heteroatoms. The fourth-order valence-corrected chi connectivity index (χ4v) is 2.84. The molecule has 1 unspecified atom stereocenters. The fourth-order valence-electron chi connectivity index (χ4n) is 2.84. The minimum atomic E-state index is 0. The highest BCUT2D eigenvalue weighted by atomic mass is 35.5. The van der Waals surface area contributed by atoms with Gasteiger partial charge in [0, 0.05) is 19.6 Å². The maximum Gasteiger partial charge on any atom is 0.224 e. The van der Waals surface area contributed by atoms with E-state index in [0.717, 1.165) is 44.9 Å². The molecule has 0 aromatic carbocycles. The van der Waals surface area contributed by atoms with Crippen molar-refractivity contribution in [2.45, 2.75) is 32.6 Å². The van der Waals surface area contributed by atoms with Gasteiger partial charge in [-0.2, -0.15) is 0 Å². The highest BCUT2D eigenvalue weighted by molar-refractivity contribution is 5.85. The summed E-state index contributed by atoms with van der Waals surface area (Å²) >= 11 is 0. The molecule has 0 spiro atoms. The summed E-state index contributed by atoms with van der Waals surface area (Å²) < 4.78 is 0.